The molecule has 0 bridgehead atoms. The summed E-state index contributed by atoms with van der Waals surface area (Å²) < 4.78 is 0.725. The zero-order chi connectivity index (χ0) is 17.0. The average Bonchev–Trinajstić information content (AvgIpc) is 2.91. The Labute approximate surface area is 143 Å². The number of carbonyl (C=O) groups is 1. The normalized spacial score (nSPS) is 10.8. The summed E-state index contributed by atoms with van der Waals surface area (Å²) in [5.74, 6) is -0.0935. The number of nitro benzene ring substituents is 1. The molecule has 0 radical (unpaired) electrons. The molecule has 0 aliphatic heterocycles. The number of thiophene rings is 1. The molecule has 23 heavy (non-hydrogen) atoms. The van der Waals surface area contributed by atoms with E-state index in [0.717, 1.165) is 9.21 Å². The highest BCUT2D eigenvalue weighted by Gasteiger charge is 2.15. The molecule has 0 N–H and O–H groups in total. The Morgan fingerprint density at radius 1 is 1.22 bits per heavy atom. The highest BCUT2D eigenvalue weighted by Crippen LogP contribution is 2.22. The monoisotopic (exact) mass is 353 g/mol. The average molecular weight is 354 g/mol. The number of halogens is 1. The lowest BCUT2D eigenvalue weighted by atomic mass is 10.2. The number of hydrogen-bond donors (Lipinski definition) is 0. The van der Waals surface area contributed by atoms with Crippen molar-refractivity contribution in [3.63, 3.8) is 0 Å². The van der Waals surface area contributed by atoms with Gasteiger partial charge in [-0.3, -0.25) is 19.8 Å². The highest BCUT2D eigenvalue weighted by atomic mass is 35.5. The Morgan fingerprint density at radius 2 is 1.87 bits per heavy atom. The second kappa shape index (κ2) is 7.54. The highest BCUT2D eigenvalue weighted by molar-refractivity contribution is 7.16. The summed E-state index contributed by atoms with van der Waals surface area (Å²) in [6, 6.07) is 9.67. The lowest BCUT2D eigenvalue weighted by Gasteiger charge is -2.21. The van der Waals surface area contributed by atoms with Crippen molar-refractivity contribution < 1.29 is 9.72 Å². The first-order chi connectivity index (χ1) is 10.9. The van der Waals surface area contributed by atoms with Crippen LogP contribution < -0.4 is 4.90 Å². The smallest absolute Gasteiger partial charge is 0.269 e. The molecule has 1 amide bonds. The molecule has 0 aliphatic carbocycles. The second-order valence-electron chi connectivity index (χ2n) is 5.10. The van der Waals surface area contributed by atoms with Crippen molar-refractivity contribution >= 4 is 40.2 Å². The molecule has 0 spiro atoms. The summed E-state index contributed by atoms with van der Waals surface area (Å²) in [5, 5.41) is 10.6. The van der Waals surface area contributed by atoms with Crippen LogP contribution in [0.1, 0.15) is 4.88 Å². The minimum atomic E-state index is -0.467. The van der Waals surface area contributed by atoms with Crippen molar-refractivity contribution in [1.29, 1.82) is 0 Å². The Bertz CT molecular complexity index is 702. The molecule has 0 atom stereocenters. The third-order valence-corrected chi connectivity index (χ3v) is 4.50. The molecule has 2 rings (SSSR count). The maximum absolute atomic E-state index is 12.3. The number of nitro groups is 1. The molecule has 1 aromatic heterocycles. The number of carbonyl (C=O) groups excluding carboxylic acids is 1. The molecule has 0 saturated heterocycles. The molecular weight excluding hydrogens is 338 g/mol. The lowest BCUT2D eigenvalue weighted by molar-refractivity contribution is -0.384. The number of likely N-dealkylation sites (N-methyl/N-ethyl adjacent to an activating group) is 2. The first-order valence-corrected chi connectivity index (χ1v) is 8.00. The van der Waals surface area contributed by atoms with E-state index in [1.807, 2.05) is 24.1 Å². The van der Waals surface area contributed by atoms with Crippen LogP contribution in [-0.4, -0.2) is 36.4 Å². The summed E-state index contributed by atoms with van der Waals surface area (Å²) >= 11 is 7.38. The van der Waals surface area contributed by atoms with Gasteiger partial charge in [-0.15, -0.1) is 11.3 Å². The molecule has 0 saturated carbocycles. The topological polar surface area (TPSA) is 66.7 Å². The summed E-state index contributed by atoms with van der Waals surface area (Å²) in [7, 11) is 3.51. The van der Waals surface area contributed by atoms with Gasteiger partial charge in [-0.1, -0.05) is 11.6 Å². The fourth-order valence-electron chi connectivity index (χ4n) is 2.04. The third-order valence-electron chi connectivity index (χ3n) is 3.28. The van der Waals surface area contributed by atoms with Gasteiger partial charge in [-0.25, -0.2) is 0 Å². The Kier molecular flexibility index (Phi) is 5.70. The Balaban J connectivity index is 1.94. The number of rotatable bonds is 6. The van der Waals surface area contributed by atoms with Gasteiger partial charge in [0, 0.05) is 36.3 Å². The van der Waals surface area contributed by atoms with Gasteiger partial charge in [0.2, 0.25) is 5.91 Å². The van der Waals surface area contributed by atoms with Gasteiger partial charge in [-0.05, 0) is 31.3 Å². The molecule has 122 valence electrons. The first kappa shape index (κ1) is 17.4. The minimum Gasteiger partial charge on any atom is -0.314 e. The predicted molar refractivity (Wildman–Crippen MR) is 92.2 cm³/mol. The van der Waals surface area contributed by atoms with Gasteiger partial charge in [0.15, 0.2) is 0 Å². The number of nitrogens with zero attached hydrogens (tertiary/aromatic N) is 3. The fourth-order valence-corrected chi connectivity index (χ4v) is 3.21. The van der Waals surface area contributed by atoms with Crippen LogP contribution in [0.5, 0.6) is 0 Å². The molecule has 0 aliphatic rings. The van der Waals surface area contributed by atoms with Crippen molar-refractivity contribution in [2.45, 2.75) is 6.54 Å². The van der Waals surface area contributed by atoms with Crippen LogP contribution >= 0.6 is 22.9 Å². The van der Waals surface area contributed by atoms with E-state index in [1.165, 1.54) is 28.4 Å². The van der Waals surface area contributed by atoms with Crippen molar-refractivity contribution in [3.8, 4) is 0 Å². The van der Waals surface area contributed by atoms with Crippen LogP contribution in [0.4, 0.5) is 11.4 Å². The van der Waals surface area contributed by atoms with E-state index < -0.39 is 4.92 Å². The number of amides is 1. The van der Waals surface area contributed by atoms with Crippen LogP contribution in [0.2, 0.25) is 4.34 Å². The summed E-state index contributed by atoms with van der Waals surface area (Å²) in [4.78, 5) is 26.9. The number of benzene rings is 1. The molecule has 0 fully saturated rings. The van der Waals surface area contributed by atoms with Gasteiger partial charge in [0.05, 0.1) is 15.8 Å². The van der Waals surface area contributed by atoms with Crippen molar-refractivity contribution in [2.24, 2.45) is 0 Å². The number of hydrogen-bond acceptors (Lipinski definition) is 5. The fraction of sp³-hybridized carbons (Fsp3) is 0.267. The number of non-ortho nitro benzene ring substituents is 1. The van der Waals surface area contributed by atoms with E-state index in [-0.39, 0.29) is 18.1 Å². The van der Waals surface area contributed by atoms with E-state index in [0.29, 0.717) is 12.2 Å². The van der Waals surface area contributed by atoms with Gasteiger partial charge in [-0.2, -0.15) is 0 Å². The van der Waals surface area contributed by atoms with E-state index in [1.54, 1.807) is 19.2 Å². The maximum atomic E-state index is 12.3. The summed E-state index contributed by atoms with van der Waals surface area (Å²) in [6.07, 6.45) is 0. The van der Waals surface area contributed by atoms with E-state index in [2.05, 4.69) is 0 Å². The van der Waals surface area contributed by atoms with Crippen LogP contribution in [0.15, 0.2) is 36.4 Å². The van der Waals surface area contributed by atoms with Gasteiger partial charge < -0.3 is 4.90 Å². The molecule has 0 unspecified atom stereocenters. The first-order valence-electron chi connectivity index (χ1n) is 6.80. The third kappa shape index (κ3) is 4.75. The standard InChI is InChI=1S/C15H16ClN3O3S/c1-17(9-13-7-8-14(16)23-13)10-15(20)18(2)11-3-5-12(6-4-11)19(21)22/h3-8H,9-10H2,1-2H3. The van der Waals surface area contributed by atoms with E-state index >= 15 is 0 Å². The molecule has 6 nitrogen and oxygen atoms in total. The summed E-state index contributed by atoms with van der Waals surface area (Å²) in [6.45, 7) is 0.875. The van der Waals surface area contributed by atoms with Crippen molar-refractivity contribution in [1.82, 2.24) is 4.90 Å². The molecule has 1 heterocycles. The van der Waals surface area contributed by atoms with Crippen molar-refractivity contribution in [2.75, 3.05) is 25.5 Å². The van der Waals surface area contributed by atoms with E-state index in [4.69, 9.17) is 11.6 Å². The lowest BCUT2D eigenvalue weighted by Crippen LogP contribution is -2.36. The Hall–Kier alpha value is -1.96. The molecule has 2 aromatic rings. The maximum Gasteiger partial charge on any atom is 0.269 e. The molecular formula is C15H16ClN3O3S. The van der Waals surface area contributed by atoms with Crippen LogP contribution in [-0.2, 0) is 11.3 Å². The van der Waals surface area contributed by atoms with Crippen molar-refractivity contribution in [3.05, 3.63) is 55.7 Å². The van der Waals surface area contributed by atoms with Gasteiger partial charge in [0.25, 0.3) is 5.69 Å². The zero-order valence-corrected chi connectivity index (χ0v) is 14.3. The molecule has 1 aromatic carbocycles. The zero-order valence-electron chi connectivity index (χ0n) is 12.7. The second-order valence-corrected chi connectivity index (χ2v) is 6.90. The quantitative estimate of drug-likeness (QED) is 0.589. The Morgan fingerprint density at radius 3 is 2.39 bits per heavy atom. The van der Waals surface area contributed by atoms with Crippen LogP contribution in [0.25, 0.3) is 0 Å². The van der Waals surface area contributed by atoms with E-state index in [9.17, 15) is 14.9 Å². The number of anilines is 1. The van der Waals surface area contributed by atoms with Gasteiger partial charge in [0.1, 0.15) is 0 Å². The van der Waals surface area contributed by atoms with Crippen LogP contribution in [0.3, 0.4) is 0 Å². The largest absolute Gasteiger partial charge is 0.314 e. The van der Waals surface area contributed by atoms with Crippen LogP contribution in [0, 0.1) is 10.1 Å². The molecule has 8 heteroatoms. The SMILES string of the molecule is CN(CC(=O)N(C)c1ccc([N+](=O)[O-])cc1)Cc1ccc(Cl)s1. The predicted octanol–water partition coefficient (Wildman–Crippen LogP) is 3.40. The summed E-state index contributed by atoms with van der Waals surface area (Å²) in [5.41, 5.74) is 0.620. The minimum absolute atomic E-state index is 0.00120. The van der Waals surface area contributed by atoms with Gasteiger partial charge >= 0.3 is 0 Å².